The van der Waals surface area contributed by atoms with Gasteiger partial charge in [-0.05, 0) is 79.9 Å². The van der Waals surface area contributed by atoms with E-state index in [-0.39, 0.29) is 18.8 Å². The van der Waals surface area contributed by atoms with Gasteiger partial charge in [0.25, 0.3) is 5.56 Å². The summed E-state index contributed by atoms with van der Waals surface area (Å²) in [6, 6.07) is 17.7. The number of esters is 1. The molecular formula is C32H27BrCl2N2O5S. The first-order valence-corrected chi connectivity index (χ1v) is 15.8. The summed E-state index contributed by atoms with van der Waals surface area (Å²) in [6.45, 7) is 6.31. The number of carbonyl (C=O) groups excluding carboxylic acids is 1. The van der Waals surface area contributed by atoms with Crippen LogP contribution in [0.2, 0.25) is 10.0 Å². The SMILES string of the molecule is CCOC(=O)C1=C(C)N=c2s/c(=C\c3ccc(OCc4ccc(Cl)c(Cl)c4)c(OCC)c3)c(=O)n2[C@H]1c1ccc(Br)cc1. The van der Waals surface area contributed by atoms with Crippen LogP contribution in [0.4, 0.5) is 0 Å². The van der Waals surface area contributed by atoms with E-state index in [0.29, 0.717) is 48.8 Å². The minimum Gasteiger partial charge on any atom is -0.490 e. The number of rotatable bonds is 9. The summed E-state index contributed by atoms with van der Waals surface area (Å²) >= 11 is 16.9. The predicted octanol–water partition coefficient (Wildman–Crippen LogP) is 6.85. The second-order valence-electron chi connectivity index (χ2n) is 9.53. The maximum Gasteiger partial charge on any atom is 0.338 e. The number of fused-ring (bicyclic) bond motifs is 1. The molecule has 2 heterocycles. The maximum atomic E-state index is 13.9. The number of hydrogen-bond acceptors (Lipinski definition) is 7. The lowest BCUT2D eigenvalue weighted by Gasteiger charge is -2.24. The van der Waals surface area contributed by atoms with E-state index in [4.69, 9.17) is 37.4 Å². The molecule has 5 rings (SSSR count). The number of carbonyl (C=O) groups is 1. The van der Waals surface area contributed by atoms with Crippen LogP contribution >= 0.6 is 50.5 Å². The van der Waals surface area contributed by atoms with Crippen LogP contribution in [0.25, 0.3) is 6.08 Å². The Hall–Kier alpha value is -3.37. The van der Waals surface area contributed by atoms with Crippen molar-refractivity contribution in [2.24, 2.45) is 4.99 Å². The minimum atomic E-state index is -0.679. The van der Waals surface area contributed by atoms with E-state index in [1.807, 2.05) is 49.4 Å². The van der Waals surface area contributed by atoms with Gasteiger partial charge in [0, 0.05) is 4.47 Å². The highest BCUT2D eigenvalue weighted by Crippen LogP contribution is 2.32. The van der Waals surface area contributed by atoms with Crippen LogP contribution in [0.3, 0.4) is 0 Å². The lowest BCUT2D eigenvalue weighted by molar-refractivity contribution is -0.139. The van der Waals surface area contributed by atoms with Gasteiger partial charge in [-0.15, -0.1) is 0 Å². The highest BCUT2D eigenvalue weighted by Gasteiger charge is 2.33. The fourth-order valence-electron chi connectivity index (χ4n) is 4.70. The number of allylic oxidation sites excluding steroid dienone is 1. The van der Waals surface area contributed by atoms with Crippen LogP contribution in [0, 0.1) is 0 Å². The number of hydrogen-bond donors (Lipinski definition) is 0. The van der Waals surface area contributed by atoms with Crippen LogP contribution in [-0.4, -0.2) is 23.8 Å². The lowest BCUT2D eigenvalue weighted by Crippen LogP contribution is -2.39. The highest BCUT2D eigenvalue weighted by molar-refractivity contribution is 9.10. The van der Waals surface area contributed by atoms with E-state index in [1.165, 1.54) is 11.3 Å². The van der Waals surface area contributed by atoms with E-state index >= 15 is 0 Å². The zero-order valence-electron chi connectivity index (χ0n) is 23.5. The van der Waals surface area contributed by atoms with Crippen molar-refractivity contribution in [2.45, 2.75) is 33.4 Å². The molecule has 0 N–H and O–H groups in total. The van der Waals surface area contributed by atoms with Crippen molar-refractivity contribution in [1.82, 2.24) is 4.57 Å². The number of halogens is 3. The average molecular weight is 702 g/mol. The Balaban J connectivity index is 1.54. The molecule has 0 bridgehead atoms. The third kappa shape index (κ3) is 6.75. The molecule has 4 aromatic rings. The Labute approximate surface area is 270 Å². The quantitative estimate of drug-likeness (QED) is 0.179. The Morgan fingerprint density at radius 1 is 1.00 bits per heavy atom. The van der Waals surface area contributed by atoms with E-state index in [2.05, 4.69) is 20.9 Å². The zero-order chi connectivity index (χ0) is 30.7. The molecule has 0 fully saturated rings. The molecule has 1 aliphatic rings. The minimum absolute atomic E-state index is 0.211. The van der Waals surface area contributed by atoms with Crippen LogP contribution < -0.4 is 24.4 Å². The summed E-state index contributed by atoms with van der Waals surface area (Å²) in [6.07, 6.45) is 1.79. The van der Waals surface area contributed by atoms with Crippen molar-refractivity contribution in [3.05, 3.63) is 123 Å². The summed E-state index contributed by atoms with van der Waals surface area (Å²) < 4.78 is 20.2. The van der Waals surface area contributed by atoms with Crippen LogP contribution in [0.15, 0.2) is 86.2 Å². The summed E-state index contributed by atoms with van der Waals surface area (Å²) in [7, 11) is 0. The molecule has 0 unspecified atom stereocenters. The van der Waals surface area contributed by atoms with Crippen molar-refractivity contribution in [2.75, 3.05) is 13.2 Å². The number of ether oxygens (including phenoxy) is 3. The molecule has 0 radical (unpaired) electrons. The van der Waals surface area contributed by atoms with Gasteiger partial charge in [0.2, 0.25) is 0 Å². The predicted molar refractivity (Wildman–Crippen MR) is 173 cm³/mol. The molecule has 0 aliphatic carbocycles. The summed E-state index contributed by atoms with van der Waals surface area (Å²) in [5.41, 5.74) is 2.97. The monoisotopic (exact) mass is 700 g/mol. The van der Waals surface area contributed by atoms with Crippen molar-refractivity contribution in [3.63, 3.8) is 0 Å². The Kier molecular flexibility index (Phi) is 9.76. The molecule has 1 aromatic heterocycles. The van der Waals surface area contributed by atoms with Crippen molar-refractivity contribution < 1.29 is 19.0 Å². The van der Waals surface area contributed by atoms with Gasteiger partial charge in [-0.25, -0.2) is 9.79 Å². The molecule has 222 valence electrons. The molecule has 0 saturated heterocycles. The first-order valence-electron chi connectivity index (χ1n) is 13.5. The molecule has 3 aromatic carbocycles. The van der Waals surface area contributed by atoms with Crippen LogP contribution in [0.1, 0.15) is 43.5 Å². The smallest absolute Gasteiger partial charge is 0.338 e. The number of thiazole rings is 1. The van der Waals surface area contributed by atoms with Gasteiger partial charge in [-0.2, -0.15) is 0 Å². The summed E-state index contributed by atoms with van der Waals surface area (Å²) in [5, 5.41) is 0.932. The maximum absolute atomic E-state index is 13.9. The second kappa shape index (κ2) is 13.5. The topological polar surface area (TPSA) is 79.1 Å². The Morgan fingerprint density at radius 2 is 1.77 bits per heavy atom. The Morgan fingerprint density at radius 3 is 2.47 bits per heavy atom. The molecule has 11 heteroatoms. The van der Waals surface area contributed by atoms with Gasteiger partial charge in [-0.3, -0.25) is 9.36 Å². The Bertz CT molecular complexity index is 1900. The van der Waals surface area contributed by atoms with Crippen molar-refractivity contribution >= 4 is 62.5 Å². The van der Waals surface area contributed by atoms with E-state index in [0.717, 1.165) is 21.2 Å². The standard InChI is InChI=1S/C32H27BrCl2N2O5S/c1-4-40-26-15-19(7-13-25(26)42-17-20-6-12-23(34)24(35)14-20)16-27-30(38)37-29(21-8-10-22(33)11-9-21)28(31(39)41-5-2)18(3)36-32(37)43-27/h6-16,29H,4-5,17H2,1-3H3/b27-16-/t29-/m0/s1. The zero-order valence-corrected chi connectivity index (χ0v) is 27.4. The summed E-state index contributed by atoms with van der Waals surface area (Å²) in [5.74, 6) is 0.595. The van der Waals surface area contributed by atoms with E-state index < -0.39 is 12.0 Å². The van der Waals surface area contributed by atoms with E-state index in [1.54, 1.807) is 42.7 Å². The van der Waals surface area contributed by atoms with Gasteiger partial charge in [-0.1, -0.05) is 74.7 Å². The molecule has 43 heavy (non-hydrogen) atoms. The van der Waals surface area contributed by atoms with Gasteiger partial charge >= 0.3 is 5.97 Å². The third-order valence-corrected chi connectivity index (χ3v) is 8.90. The number of benzene rings is 3. The van der Waals surface area contributed by atoms with E-state index in [9.17, 15) is 9.59 Å². The van der Waals surface area contributed by atoms with Crippen LogP contribution in [-0.2, 0) is 16.1 Å². The molecule has 7 nitrogen and oxygen atoms in total. The fourth-order valence-corrected chi connectivity index (χ4v) is 6.33. The largest absolute Gasteiger partial charge is 0.490 e. The molecule has 1 atom stereocenters. The van der Waals surface area contributed by atoms with Crippen molar-refractivity contribution in [1.29, 1.82) is 0 Å². The van der Waals surface area contributed by atoms with Gasteiger partial charge in [0.15, 0.2) is 16.3 Å². The average Bonchev–Trinajstić information content (AvgIpc) is 3.28. The summed E-state index contributed by atoms with van der Waals surface area (Å²) in [4.78, 5) is 32.1. The first kappa shape index (κ1) is 31.1. The molecule has 1 aliphatic heterocycles. The second-order valence-corrected chi connectivity index (χ2v) is 12.3. The highest BCUT2D eigenvalue weighted by atomic mass is 79.9. The normalized spacial score (nSPS) is 14.7. The van der Waals surface area contributed by atoms with Crippen molar-refractivity contribution in [3.8, 4) is 11.5 Å². The third-order valence-electron chi connectivity index (χ3n) is 6.65. The first-order chi connectivity index (χ1) is 20.7. The molecule has 0 saturated carbocycles. The van der Waals surface area contributed by atoms with Gasteiger partial charge in [0.05, 0.1) is 45.1 Å². The van der Waals surface area contributed by atoms with Gasteiger partial charge < -0.3 is 14.2 Å². The molecule has 0 spiro atoms. The lowest BCUT2D eigenvalue weighted by atomic mass is 9.96. The molecule has 0 amide bonds. The number of nitrogens with zero attached hydrogens (tertiary/aromatic N) is 2. The van der Waals surface area contributed by atoms with Gasteiger partial charge in [0.1, 0.15) is 6.61 Å². The fraction of sp³-hybridized carbons (Fsp3) is 0.219. The van der Waals surface area contributed by atoms with Crippen LogP contribution in [0.5, 0.6) is 11.5 Å². The number of aromatic nitrogens is 1. The molecular weight excluding hydrogens is 675 g/mol.